The maximum atomic E-state index is 5.51. The van der Waals surface area contributed by atoms with Crippen LogP contribution in [-0.2, 0) is 0 Å². The van der Waals surface area contributed by atoms with Crippen molar-refractivity contribution in [3.8, 4) is 0 Å². The number of hydrogen-bond acceptors (Lipinski definition) is 0. The lowest BCUT2D eigenvalue weighted by Crippen LogP contribution is -2.23. The SMILES string of the molecule is Cl[Si](Cl)(Cl)[SiH](Br)Br. The van der Waals surface area contributed by atoms with E-state index in [0.29, 0.717) is 0 Å². The van der Waals surface area contributed by atoms with E-state index in [0.717, 1.165) is 0 Å². The average Bonchev–Trinajstić information content (AvgIpc) is 1.31. The summed E-state index contributed by atoms with van der Waals surface area (Å²) in [5, 5.41) is 0. The Morgan fingerprint density at radius 2 is 1.29 bits per heavy atom. The molecule has 0 unspecified atom stereocenters. The molecule has 0 aromatic heterocycles. The van der Waals surface area contributed by atoms with E-state index in [9.17, 15) is 0 Å². The Kier molecular flexibility index (Phi) is 4.55. The van der Waals surface area contributed by atoms with Gasteiger partial charge in [0.15, 0.2) is 0 Å². The molecular formula is HBr2Cl3Si2. The van der Waals surface area contributed by atoms with Crippen molar-refractivity contribution in [3.05, 3.63) is 0 Å². The second-order valence-corrected chi connectivity index (χ2v) is 31.5. The van der Waals surface area contributed by atoms with Crippen LogP contribution >= 0.6 is 63.8 Å². The summed E-state index contributed by atoms with van der Waals surface area (Å²) >= 11 is 22.9. The fourth-order valence-electron chi connectivity index (χ4n) is 0. The molecule has 0 amide bonds. The maximum absolute atomic E-state index is 5.51. The molecule has 7 heavy (non-hydrogen) atoms. The lowest BCUT2D eigenvalue weighted by molar-refractivity contribution is 3.73. The van der Waals surface area contributed by atoms with Gasteiger partial charge in [0.05, 0.1) is 0 Å². The van der Waals surface area contributed by atoms with Gasteiger partial charge in [-0.25, -0.2) is 0 Å². The Labute approximate surface area is 74.2 Å². The molecule has 0 bridgehead atoms. The third-order valence-electron chi connectivity index (χ3n) is 0.247. The quantitative estimate of drug-likeness (QED) is 0.514. The first-order chi connectivity index (χ1) is 2.94. The molecule has 0 aliphatic heterocycles. The van der Waals surface area contributed by atoms with Gasteiger partial charge in [0.25, 0.3) is 0 Å². The van der Waals surface area contributed by atoms with E-state index in [1.165, 1.54) is 0 Å². The molecule has 0 spiro atoms. The first-order valence-electron chi connectivity index (χ1n) is 1.29. The van der Waals surface area contributed by atoms with Crippen LogP contribution < -0.4 is 0 Å². The number of halogens is 5. The lowest BCUT2D eigenvalue weighted by atomic mass is 26.9. The van der Waals surface area contributed by atoms with Crippen molar-refractivity contribution in [1.82, 2.24) is 0 Å². The predicted octanol–water partition coefficient (Wildman–Crippen LogP) is 2.73. The van der Waals surface area contributed by atoms with Gasteiger partial charge < -0.3 is 0 Å². The fraction of sp³-hybridized carbons (Fsp3) is 0. The topological polar surface area (TPSA) is 0 Å². The summed E-state index contributed by atoms with van der Waals surface area (Å²) in [6.45, 7) is 0. The van der Waals surface area contributed by atoms with Crippen molar-refractivity contribution < 1.29 is 0 Å². The van der Waals surface area contributed by atoms with Gasteiger partial charge in [0.2, 0.25) is 5.55 Å². The van der Waals surface area contributed by atoms with Gasteiger partial charge in [-0.2, -0.15) is 0 Å². The third-order valence-corrected chi connectivity index (χ3v) is 34.7. The summed E-state index contributed by atoms with van der Waals surface area (Å²) in [5.41, 5.74) is -3.64. The van der Waals surface area contributed by atoms with Crippen molar-refractivity contribution in [2.75, 3.05) is 0 Å². The molecule has 0 aliphatic carbocycles. The number of rotatable bonds is 1. The van der Waals surface area contributed by atoms with E-state index in [1.54, 1.807) is 0 Å². The van der Waals surface area contributed by atoms with Crippen molar-refractivity contribution >= 4 is 74.9 Å². The Bertz CT molecular complexity index is 56.4. The lowest BCUT2D eigenvalue weighted by Gasteiger charge is -2.04. The van der Waals surface area contributed by atoms with Crippen LogP contribution in [0.1, 0.15) is 0 Å². The average molecular weight is 323 g/mol. The molecular weight excluding hydrogens is 322 g/mol. The monoisotopic (exact) mass is 320 g/mol. The first kappa shape index (κ1) is 9.26. The van der Waals surface area contributed by atoms with Gasteiger partial charge in [-0.05, 0) is 0 Å². The van der Waals surface area contributed by atoms with Crippen LogP contribution in [0.4, 0.5) is 0 Å². The van der Waals surface area contributed by atoms with Gasteiger partial charge in [0.1, 0.15) is 0 Å². The van der Waals surface area contributed by atoms with Crippen LogP contribution in [-0.4, -0.2) is 11.1 Å². The zero-order chi connectivity index (χ0) is 6.08. The van der Waals surface area contributed by atoms with Gasteiger partial charge >= 0.3 is 5.52 Å². The Balaban J connectivity index is 3.54. The van der Waals surface area contributed by atoms with Crippen molar-refractivity contribution in [1.29, 1.82) is 0 Å². The Morgan fingerprint density at radius 3 is 1.29 bits per heavy atom. The molecule has 44 valence electrons. The normalized spacial score (nSPS) is 12.9. The van der Waals surface area contributed by atoms with Gasteiger partial charge in [-0.15, -0.1) is 63.8 Å². The van der Waals surface area contributed by atoms with Gasteiger partial charge in [0, 0.05) is 0 Å². The minimum Gasteiger partial charge on any atom is -0.128 e. The predicted molar refractivity (Wildman–Crippen MR) is 48.3 cm³/mol. The van der Waals surface area contributed by atoms with E-state index >= 15 is 0 Å². The summed E-state index contributed by atoms with van der Waals surface area (Å²) < 4.78 is 0. The van der Waals surface area contributed by atoms with E-state index in [1.807, 2.05) is 0 Å². The van der Waals surface area contributed by atoms with Crippen LogP contribution in [0.15, 0.2) is 0 Å². The van der Waals surface area contributed by atoms with E-state index in [-0.39, 0.29) is 0 Å². The van der Waals surface area contributed by atoms with Crippen molar-refractivity contribution in [3.63, 3.8) is 0 Å². The van der Waals surface area contributed by atoms with Crippen molar-refractivity contribution in [2.24, 2.45) is 0 Å². The molecule has 0 heterocycles. The minimum absolute atomic E-state index is 1.30. The highest BCUT2D eigenvalue weighted by molar-refractivity contribution is 9.51. The van der Waals surface area contributed by atoms with Crippen LogP contribution in [0.3, 0.4) is 0 Å². The van der Waals surface area contributed by atoms with Gasteiger partial charge in [-0.1, -0.05) is 0 Å². The smallest absolute Gasteiger partial charge is 0.128 e. The largest absolute Gasteiger partial charge is 0.345 e. The molecule has 7 heteroatoms. The second-order valence-electron chi connectivity index (χ2n) is 0.842. The third kappa shape index (κ3) is 4.75. The summed E-state index contributed by atoms with van der Waals surface area (Å²) in [6.07, 6.45) is 0. The van der Waals surface area contributed by atoms with E-state index < -0.39 is 11.1 Å². The fourth-order valence-corrected chi connectivity index (χ4v) is 0. The van der Waals surface area contributed by atoms with Crippen LogP contribution in [0, 0.1) is 0 Å². The van der Waals surface area contributed by atoms with Crippen LogP contribution in [0.25, 0.3) is 0 Å². The maximum Gasteiger partial charge on any atom is 0.345 e. The molecule has 0 radical (unpaired) electrons. The molecule has 0 rings (SSSR count). The zero-order valence-electron chi connectivity index (χ0n) is 2.97. The molecule has 0 N–H and O–H groups in total. The molecule has 0 saturated carbocycles. The molecule has 0 aromatic rings. The highest BCUT2D eigenvalue weighted by Gasteiger charge is 2.34. The molecule has 0 saturated heterocycles. The zero-order valence-corrected chi connectivity index (χ0v) is 10.6. The van der Waals surface area contributed by atoms with Crippen LogP contribution in [0.2, 0.25) is 0 Å². The van der Waals surface area contributed by atoms with E-state index in [2.05, 4.69) is 30.6 Å². The molecule has 0 nitrogen and oxygen atoms in total. The molecule has 0 aliphatic rings. The molecule has 0 aromatic carbocycles. The van der Waals surface area contributed by atoms with E-state index in [4.69, 9.17) is 33.2 Å². The highest BCUT2D eigenvalue weighted by Crippen LogP contribution is 2.29. The highest BCUT2D eigenvalue weighted by atomic mass is 79.9. The standard InChI is InChI=1S/Br2Cl3HSi2/c1-6(2)7(3,4)5/h6H. The Hall–Kier alpha value is 2.26. The summed E-state index contributed by atoms with van der Waals surface area (Å²) in [4.78, 5) is 0. The molecule has 0 atom stereocenters. The van der Waals surface area contributed by atoms with Crippen LogP contribution in [0.5, 0.6) is 0 Å². The Morgan fingerprint density at radius 1 is 1.14 bits per heavy atom. The van der Waals surface area contributed by atoms with Crippen molar-refractivity contribution in [2.45, 2.75) is 0 Å². The first-order valence-corrected chi connectivity index (χ1v) is 14.5. The number of hydrogen-bond donors (Lipinski definition) is 0. The second kappa shape index (κ2) is 3.44. The summed E-state index contributed by atoms with van der Waals surface area (Å²) in [5.74, 6) is 0. The minimum atomic E-state index is -2.35. The van der Waals surface area contributed by atoms with Gasteiger partial charge in [-0.3, -0.25) is 0 Å². The molecule has 0 fully saturated rings. The summed E-state index contributed by atoms with van der Waals surface area (Å²) in [7, 11) is 0. The summed E-state index contributed by atoms with van der Waals surface area (Å²) in [6, 6.07) is 0.